The Bertz CT molecular complexity index is 1390. The topological polar surface area (TPSA) is 84.9 Å². The van der Waals surface area contributed by atoms with Crippen LogP contribution in [0.1, 0.15) is 34.7 Å². The van der Waals surface area contributed by atoms with Crippen LogP contribution in [0, 0.1) is 13.8 Å². The van der Waals surface area contributed by atoms with Gasteiger partial charge in [0.25, 0.3) is 11.8 Å². The van der Waals surface area contributed by atoms with Gasteiger partial charge < -0.3 is 9.47 Å². The maximum atomic E-state index is 13.3. The minimum atomic E-state index is -0.808. The van der Waals surface area contributed by atoms with E-state index in [2.05, 4.69) is 53.3 Å². The Labute approximate surface area is 224 Å². The smallest absolute Gasteiger partial charge is 0.335 e. The van der Waals surface area contributed by atoms with E-state index in [0.29, 0.717) is 35.8 Å². The summed E-state index contributed by atoms with van der Waals surface area (Å²) in [7, 11) is 1.52. The summed E-state index contributed by atoms with van der Waals surface area (Å²) in [5.41, 5.74) is 5.23. The lowest BCUT2D eigenvalue weighted by molar-refractivity contribution is -0.122. The summed E-state index contributed by atoms with van der Waals surface area (Å²) >= 11 is 3.66. The second-order valence-electron chi connectivity index (χ2n) is 8.74. The number of nitrogens with zero attached hydrogens (tertiary/aromatic N) is 1. The Balaban J connectivity index is 1.71. The van der Waals surface area contributed by atoms with Gasteiger partial charge in [-0.2, -0.15) is 0 Å². The molecule has 0 atom stereocenters. The number of nitrogens with one attached hydrogen (secondary N) is 1. The minimum Gasteiger partial charge on any atom is -0.497 e. The van der Waals surface area contributed by atoms with Crippen LogP contribution < -0.4 is 19.7 Å². The molecule has 1 saturated heterocycles. The number of aryl methyl sites for hydroxylation is 2. The fourth-order valence-electron chi connectivity index (χ4n) is 4.34. The van der Waals surface area contributed by atoms with Crippen molar-refractivity contribution in [1.29, 1.82) is 0 Å². The molecule has 1 aliphatic rings. The molecular weight excluding hydrogens is 536 g/mol. The largest absolute Gasteiger partial charge is 0.497 e. The van der Waals surface area contributed by atoms with Crippen molar-refractivity contribution in [3.8, 4) is 11.5 Å². The molecule has 1 N–H and O–H groups in total. The van der Waals surface area contributed by atoms with Gasteiger partial charge in [-0.15, -0.1) is 0 Å². The Morgan fingerprint density at radius 2 is 1.65 bits per heavy atom. The van der Waals surface area contributed by atoms with E-state index in [9.17, 15) is 14.4 Å². The number of hydrogen-bond acceptors (Lipinski definition) is 5. The fraction of sp³-hybridized carbons (Fsp3) is 0.207. The van der Waals surface area contributed by atoms with E-state index in [-0.39, 0.29) is 5.57 Å². The highest BCUT2D eigenvalue weighted by molar-refractivity contribution is 9.10. The molecule has 0 saturated carbocycles. The summed E-state index contributed by atoms with van der Waals surface area (Å²) in [5.74, 6) is -0.246. The zero-order chi connectivity index (χ0) is 26.7. The highest BCUT2D eigenvalue weighted by Crippen LogP contribution is 2.33. The lowest BCUT2D eigenvalue weighted by atomic mass is 9.98. The van der Waals surface area contributed by atoms with Crippen LogP contribution in [0.2, 0.25) is 0 Å². The molecule has 7 nitrogen and oxygen atoms in total. The predicted molar refractivity (Wildman–Crippen MR) is 146 cm³/mol. The Hall–Kier alpha value is -3.91. The van der Waals surface area contributed by atoms with Crippen molar-refractivity contribution >= 4 is 45.5 Å². The van der Waals surface area contributed by atoms with Crippen LogP contribution in [0.4, 0.5) is 10.5 Å². The summed E-state index contributed by atoms with van der Waals surface area (Å²) < 4.78 is 11.9. The summed E-state index contributed by atoms with van der Waals surface area (Å²) in [6.45, 7) is 6.48. The van der Waals surface area contributed by atoms with Gasteiger partial charge in [-0.3, -0.25) is 14.9 Å². The van der Waals surface area contributed by atoms with Gasteiger partial charge in [-0.1, -0.05) is 45.3 Å². The number of imide groups is 2. The van der Waals surface area contributed by atoms with Gasteiger partial charge in [-0.05, 0) is 74.4 Å². The van der Waals surface area contributed by atoms with Crippen LogP contribution in [0.15, 0.2) is 64.6 Å². The average Bonchev–Trinajstić information content (AvgIpc) is 2.84. The zero-order valence-corrected chi connectivity index (χ0v) is 22.6. The number of carbonyl (C=O) groups is 3. The molecule has 1 fully saturated rings. The molecule has 4 amide bonds. The minimum absolute atomic E-state index is 0.160. The zero-order valence-electron chi connectivity index (χ0n) is 21.1. The van der Waals surface area contributed by atoms with Crippen molar-refractivity contribution in [2.45, 2.75) is 27.2 Å². The number of urea groups is 1. The molecule has 0 spiro atoms. The van der Waals surface area contributed by atoms with Gasteiger partial charge in [-0.25, -0.2) is 9.69 Å². The molecule has 0 radical (unpaired) electrons. The Kier molecular flexibility index (Phi) is 7.78. The van der Waals surface area contributed by atoms with Crippen LogP contribution in [0.5, 0.6) is 11.5 Å². The second kappa shape index (κ2) is 11.0. The summed E-state index contributed by atoms with van der Waals surface area (Å²) in [6, 6.07) is 15.7. The second-order valence-corrected chi connectivity index (χ2v) is 9.60. The number of amides is 4. The molecule has 190 valence electrons. The van der Waals surface area contributed by atoms with E-state index < -0.39 is 17.8 Å². The number of carbonyl (C=O) groups excluding carboxylic acids is 3. The first-order valence-corrected chi connectivity index (χ1v) is 12.6. The third-order valence-electron chi connectivity index (χ3n) is 5.88. The van der Waals surface area contributed by atoms with Crippen LogP contribution in [-0.4, -0.2) is 31.6 Å². The Morgan fingerprint density at radius 3 is 2.27 bits per heavy atom. The summed E-state index contributed by atoms with van der Waals surface area (Å²) in [5, 5.41) is 2.25. The van der Waals surface area contributed by atoms with E-state index in [0.717, 1.165) is 20.5 Å². The highest BCUT2D eigenvalue weighted by Gasteiger charge is 2.36. The molecule has 37 heavy (non-hydrogen) atoms. The molecule has 3 aromatic rings. The molecule has 3 aromatic carbocycles. The molecule has 8 heteroatoms. The normalized spacial score (nSPS) is 14.7. The van der Waals surface area contributed by atoms with Gasteiger partial charge in [0.05, 0.1) is 19.4 Å². The number of ether oxygens (including phenoxy) is 2. The molecule has 0 aliphatic carbocycles. The van der Waals surface area contributed by atoms with Gasteiger partial charge in [0, 0.05) is 16.5 Å². The van der Waals surface area contributed by atoms with E-state index in [4.69, 9.17) is 9.47 Å². The van der Waals surface area contributed by atoms with Gasteiger partial charge >= 0.3 is 6.03 Å². The van der Waals surface area contributed by atoms with E-state index in [1.807, 2.05) is 13.0 Å². The quantitative estimate of drug-likeness (QED) is 0.293. The molecule has 1 heterocycles. The van der Waals surface area contributed by atoms with Gasteiger partial charge in [0.2, 0.25) is 0 Å². The molecule has 4 rings (SSSR count). The lowest BCUT2D eigenvalue weighted by Gasteiger charge is -2.26. The molecule has 0 bridgehead atoms. The van der Waals surface area contributed by atoms with Gasteiger partial charge in [0.1, 0.15) is 17.1 Å². The van der Waals surface area contributed by atoms with Crippen molar-refractivity contribution in [3.63, 3.8) is 0 Å². The Morgan fingerprint density at radius 1 is 0.973 bits per heavy atom. The van der Waals surface area contributed by atoms with Crippen molar-refractivity contribution in [2.75, 3.05) is 18.6 Å². The first-order chi connectivity index (χ1) is 17.7. The number of barbiturate groups is 1. The summed E-state index contributed by atoms with van der Waals surface area (Å²) in [6.07, 6.45) is 2.11. The van der Waals surface area contributed by atoms with Crippen molar-refractivity contribution in [2.24, 2.45) is 0 Å². The number of rotatable bonds is 7. The third-order valence-corrected chi connectivity index (χ3v) is 6.59. The van der Waals surface area contributed by atoms with Crippen molar-refractivity contribution in [3.05, 3.63) is 92.5 Å². The third kappa shape index (κ3) is 5.75. The predicted octanol–water partition coefficient (Wildman–Crippen LogP) is 5.73. The molecule has 0 aromatic heterocycles. The van der Waals surface area contributed by atoms with Crippen LogP contribution >= 0.6 is 15.9 Å². The first-order valence-electron chi connectivity index (χ1n) is 11.8. The van der Waals surface area contributed by atoms with E-state index >= 15 is 0 Å². The van der Waals surface area contributed by atoms with Crippen LogP contribution in [0.25, 0.3) is 6.08 Å². The summed E-state index contributed by atoms with van der Waals surface area (Å²) in [4.78, 5) is 39.4. The monoisotopic (exact) mass is 562 g/mol. The van der Waals surface area contributed by atoms with E-state index in [1.54, 1.807) is 30.3 Å². The standard InChI is InChI=1S/C29H27BrN2O5/c1-5-37-26-16-20(15-25(30)23(26)13-19-11-17(2)10-18(3)12-19)14-24-27(33)31-29(35)32(28(24)34)21-6-8-22(36-4)9-7-21/h6-12,14-16H,5,13H2,1-4H3,(H,31,33,35)/b24-14+. The van der Waals surface area contributed by atoms with Gasteiger partial charge in [0.15, 0.2) is 0 Å². The number of benzene rings is 3. The number of methoxy groups -OCH3 is 1. The van der Waals surface area contributed by atoms with Crippen LogP contribution in [0.3, 0.4) is 0 Å². The van der Waals surface area contributed by atoms with Crippen molar-refractivity contribution in [1.82, 2.24) is 5.32 Å². The molecule has 0 unspecified atom stereocenters. The number of hydrogen-bond donors (Lipinski definition) is 1. The molecular formula is C29H27BrN2O5. The fourth-order valence-corrected chi connectivity index (χ4v) is 4.94. The molecule has 1 aliphatic heterocycles. The van der Waals surface area contributed by atoms with Crippen molar-refractivity contribution < 1.29 is 23.9 Å². The van der Waals surface area contributed by atoms with Crippen LogP contribution in [-0.2, 0) is 16.0 Å². The average molecular weight is 563 g/mol. The number of halogens is 1. The highest BCUT2D eigenvalue weighted by atomic mass is 79.9. The maximum absolute atomic E-state index is 13.3. The number of anilines is 1. The lowest BCUT2D eigenvalue weighted by Crippen LogP contribution is -2.54. The maximum Gasteiger partial charge on any atom is 0.335 e. The first kappa shape index (κ1) is 26.2. The SMILES string of the molecule is CCOc1cc(/C=C2\C(=O)NC(=O)N(c3ccc(OC)cc3)C2=O)cc(Br)c1Cc1cc(C)cc(C)c1. The van der Waals surface area contributed by atoms with E-state index in [1.165, 1.54) is 24.3 Å².